The number of nitrogens with two attached hydrogens (primary N) is 1. The van der Waals surface area contributed by atoms with Gasteiger partial charge in [-0.05, 0) is 42.0 Å². The lowest BCUT2D eigenvalue weighted by Crippen LogP contribution is -1.99. The van der Waals surface area contributed by atoms with Gasteiger partial charge in [0.2, 0.25) is 0 Å². The molecule has 82 valence electrons. The van der Waals surface area contributed by atoms with E-state index in [9.17, 15) is 4.39 Å². The summed E-state index contributed by atoms with van der Waals surface area (Å²) in [5, 5.41) is 3.23. The van der Waals surface area contributed by atoms with Crippen molar-refractivity contribution < 1.29 is 4.39 Å². The summed E-state index contributed by atoms with van der Waals surface area (Å²) in [5.41, 5.74) is 8.36. The van der Waals surface area contributed by atoms with E-state index in [-0.39, 0.29) is 5.82 Å². The molecule has 0 saturated heterocycles. The average Bonchev–Trinajstić information content (AvgIpc) is 2.30. The minimum atomic E-state index is -0.212. The highest BCUT2D eigenvalue weighted by Gasteiger charge is 1.94. The summed E-state index contributed by atoms with van der Waals surface area (Å²) in [6.07, 6.45) is 0. The third kappa shape index (κ3) is 2.73. The molecule has 0 atom stereocenters. The normalized spacial score (nSPS) is 10.1. The van der Waals surface area contributed by atoms with Gasteiger partial charge in [-0.1, -0.05) is 12.1 Å². The number of anilines is 2. The molecule has 2 aromatic carbocycles. The Morgan fingerprint density at radius 3 is 2.19 bits per heavy atom. The number of nitrogen functional groups attached to an aromatic ring is 1. The second kappa shape index (κ2) is 4.66. The standard InChI is InChI=1S/C13H13FN2/c14-11-3-1-10(2-4-11)9-16-13-7-5-12(15)6-8-13/h1-8,16H,9,15H2. The fraction of sp³-hybridized carbons (Fsp3) is 0.0769. The molecular formula is C13H13FN2. The van der Waals surface area contributed by atoms with E-state index in [0.717, 1.165) is 16.9 Å². The van der Waals surface area contributed by atoms with Crippen molar-refractivity contribution in [3.8, 4) is 0 Å². The van der Waals surface area contributed by atoms with E-state index in [1.54, 1.807) is 12.1 Å². The van der Waals surface area contributed by atoms with Crippen molar-refractivity contribution in [1.82, 2.24) is 0 Å². The average molecular weight is 216 g/mol. The van der Waals surface area contributed by atoms with Crippen molar-refractivity contribution in [2.75, 3.05) is 11.1 Å². The van der Waals surface area contributed by atoms with Gasteiger partial charge in [-0.2, -0.15) is 0 Å². The highest BCUT2D eigenvalue weighted by molar-refractivity contribution is 5.51. The van der Waals surface area contributed by atoms with E-state index in [2.05, 4.69) is 5.32 Å². The number of hydrogen-bond acceptors (Lipinski definition) is 2. The molecule has 0 heterocycles. The topological polar surface area (TPSA) is 38.0 Å². The molecule has 2 rings (SSSR count). The van der Waals surface area contributed by atoms with Gasteiger partial charge in [-0.15, -0.1) is 0 Å². The Kier molecular flexibility index (Phi) is 3.05. The van der Waals surface area contributed by atoms with E-state index >= 15 is 0 Å². The van der Waals surface area contributed by atoms with E-state index in [1.807, 2.05) is 24.3 Å². The molecule has 3 heteroatoms. The van der Waals surface area contributed by atoms with Gasteiger partial charge >= 0.3 is 0 Å². The summed E-state index contributed by atoms with van der Waals surface area (Å²) in [7, 11) is 0. The summed E-state index contributed by atoms with van der Waals surface area (Å²) in [6.45, 7) is 0.671. The van der Waals surface area contributed by atoms with Crippen molar-refractivity contribution >= 4 is 11.4 Å². The molecule has 0 aromatic heterocycles. The van der Waals surface area contributed by atoms with E-state index in [4.69, 9.17) is 5.73 Å². The van der Waals surface area contributed by atoms with E-state index in [0.29, 0.717) is 6.54 Å². The molecule has 0 saturated carbocycles. The number of halogens is 1. The Morgan fingerprint density at radius 1 is 0.938 bits per heavy atom. The second-order valence-electron chi connectivity index (χ2n) is 3.60. The zero-order valence-electron chi connectivity index (χ0n) is 8.78. The van der Waals surface area contributed by atoms with Crippen LogP contribution in [0.5, 0.6) is 0 Å². The molecule has 3 N–H and O–H groups in total. The van der Waals surface area contributed by atoms with Crippen LogP contribution >= 0.6 is 0 Å². The number of benzene rings is 2. The van der Waals surface area contributed by atoms with Crippen LogP contribution in [0.1, 0.15) is 5.56 Å². The van der Waals surface area contributed by atoms with Gasteiger partial charge in [0.1, 0.15) is 5.82 Å². The molecule has 0 radical (unpaired) electrons. The maximum atomic E-state index is 12.7. The Bertz CT molecular complexity index is 403. The van der Waals surface area contributed by atoms with Crippen LogP contribution in [0.4, 0.5) is 15.8 Å². The van der Waals surface area contributed by atoms with Gasteiger partial charge in [0.25, 0.3) is 0 Å². The van der Waals surface area contributed by atoms with Crippen LogP contribution in [0.25, 0.3) is 0 Å². The lowest BCUT2D eigenvalue weighted by Gasteiger charge is -2.06. The molecule has 0 aliphatic rings. The summed E-state index contributed by atoms with van der Waals surface area (Å²) in [6, 6.07) is 14.0. The number of nitrogens with one attached hydrogen (secondary N) is 1. The third-order valence-corrected chi connectivity index (χ3v) is 2.32. The quantitative estimate of drug-likeness (QED) is 0.774. The molecular weight excluding hydrogens is 203 g/mol. The molecule has 0 aliphatic carbocycles. The Hall–Kier alpha value is -2.03. The molecule has 0 bridgehead atoms. The largest absolute Gasteiger partial charge is 0.399 e. The van der Waals surface area contributed by atoms with Gasteiger partial charge < -0.3 is 11.1 Å². The van der Waals surface area contributed by atoms with Gasteiger partial charge in [0, 0.05) is 17.9 Å². The first-order valence-corrected chi connectivity index (χ1v) is 5.08. The van der Waals surface area contributed by atoms with E-state index in [1.165, 1.54) is 12.1 Å². The lowest BCUT2D eigenvalue weighted by molar-refractivity contribution is 0.627. The maximum Gasteiger partial charge on any atom is 0.123 e. The molecule has 0 fully saturated rings. The van der Waals surface area contributed by atoms with Crippen LogP contribution < -0.4 is 11.1 Å². The first-order chi connectivity index (χ1) is 7.74. The summed E-state index contributed by atoms with van der Waals surface area (Å²) in [5.74, 6) is -0.212. The number of hydrogen-bond donors (Lipinski definition) is 2. The zero-order valence-corrected chi connectivity index (χ0v) is 8.78. The molecule has 0 aliphatic heterocycles. The van der Waals surface area contributed by atoms with Crippen molar-refractivity contribution in [3.63, 3.8) is 0 Å². The van der Waals surface area contributed by atoms with Gasteiger partial charge in [-0.25, -0.2) is 4.39 Å². The molecule has 16 heavy (non-hydrogen) atoms. The first-order valence-electron chi connectivity index (χ1n) is 5.08. The monoisotopic (exact) mass is 216 g/mol. The predicted molar refractivity (Wildman–Crippen MR) is 64.6 cm³/mol. The van der Waals surface area contributed by atoms with Crippen molar-refractivity contribution in [2.45, 2.75) is 6.54 Å². The fourth-order valence-corrected chi connectivity index (χ4v) is 1.41. The maximum absolute atomic E-state index is 12.7. The minimum absolute atomic E-state index is 0.212. The zero-order chi connectivity index (χ0) is 11.4. The van der Waals surface area contributed by atoms with Crippen molar-refractivity contribution in [3.05, 3.63) is 59.9 Å². The molecule has 0 spiro atoms. The highest BCUT2D eigenvalue weighted by Crippen LogP contribution is 2.12. The Balaban J connectivity index is 1.97. The lowest BCUT2D eigenvalue weighted by atomic mass is 10.2. The van der Waals surface area contributed by atoms with Gasteiger partial charge in [0.15, 0.2) is 0 Å². The van der Waals surface area contributed by atoms with Gasteiger partial charge in [-0.3, -0.25) is 0 Å². The first kappa shape index (κ1) is 10.5. The molecule has 2 aromatic rings. The number of rotatable bonds is 3. The van der Waals surface area contributed by atoms with Gasteiger partial charge in [0.05, 0.1) is 0 Å². The summed E-state index contributed by atoms with van der Waals surface area (Å²) >= 11 is 0. The summed E-state index contributed by atoms with van der Waals surface area (Å²) < 4.78 is 12.7. The van der Waals surface area contributed by atoms with Crippen LogP contribution in [0, 0.1) is 5.82 Å². The highest BCUT2D eigenvalue weighted by atomic mass is 19.1. The second-order valence-corrected chi connectivity index (χ2v) is 3.60. The third-order valence-electron chi connectivity index (χ3n) is 2.32. The van der Waals surface area contributed by atoms with Crippen molar-refractivity contribution in [2.24, 2.45) is 0 Å². The van der Waals surface area contributed by atoms with Crippen LogP contribution in [-0.2, 0) is 6.54 Å². The predicted octanol–water partition coefficient (Wildman–Crippen LogP) is 3.02. The van der Waals surface area contributed by atoms with Crippen LogP contribution in [0.15, 0.2) is 48.5 Å². The summed E-state index contributed by atoms with van der Waals surface area (Å²) in [4.78, 5) is 0. The van der Waals surface area contributed by atoms with Crippen LogP contribution in [0.2, 0.25) is 0 Å². The van der Waals surface area contributed by atoms with Crippen molar-refractivity contribution in [1.29, 1.82) is 0 Å². The minimum Gasteiger partial charge on any atom is -0.399 e. The van der Waals surface area contributed by atoms with E-state index < -0.39 is 0 Å². The fourth-order valence-electron chi connectivity index (χ4n) is 1.41. The molecule has 2 nitrogen and oxygen atoms in total. The SMILES string of the molecule is Nc1ccc(NCc2ccc(F)cc2)cc1. The van der Waals surface area contributed by atoms with Crippen LogP contribution in [0.3, 0.4) is 0 Å². The molecule has 0 unspecified atom stereocenters. The smallest absolute Gasteiger partial charge is 0.123 e. The molecule has 0 amide bonds. The Labute approximate surface area is 93.9 Å². The van der Waals surface area contributed by atoms with Crippen LogP contribution in [-0.4, -0.2) is 0 Å². The Morgan fingerprint density at radius 2 is 1.56 bits per heavy atom.